The molecule has 0 aromatic heterocycles. The molecule has 10 heteroatoms. The number of aliphatic hydroxyl groups is 1. The normalized spacial score (nSPS) is 16.4. The highest BCUT2D eigenvalue weighted by atomic mass is 127. The fourth-order valence-corrected chi connectivity index (χ4v) is 1.44. The Kier molecular flexibility index (Phi) is 12.5. The van der Waals surface area contributed by atoms with Gasteiger partial charge in [-0.15, -0.1) is 0 Å². The highest BCUT2D eigenvalue weighted by Crippen LogP contribution is 1.99. The average Bonchev–Trinajstić information content (AvgIpc) is 2.52. The zero-order chi connectivity index (χ0) is 17.0. The van der Waals surface area contributed by atoms with Crippen LogP contribution in [0, 0.1) is 0 Å². The molecule has 22 heavy (non-hydrogen) atoms. The Morgan fingerprint density at radius 1 is 1.23 bits per heavy atom. The van der Waals surface area contributed by atoms with Crippen LogP contribution in [0.15, 0.2) is 25.3 Å². The Hall–Kier alpha value is -0.600. The molecule has 0 aromatic rings. The first-order chi connectivity index (χ1) is 10.4. The summed E-state index contributed by atoms with van der Waals surface area (Å²) in [5.74, 6) is -0.581. The van der Waals surface area contributed by atoms with Gasteiger partial charge in [-0.1, -0.05) is 13.2 Å². The zero-order valence-electron chi connectivity index (χ0n) is 12.0. The minimum atomic E-state index is -1.16. The number of carbonyl (C=O) groups excluding carboxylic acids is 1. The molecule has 0 aliphatic heterocycles. The summed E-state index contributed by atoms with van der Waals surface area (Å²) in [5.41, 5.74) is 11.2. The lowest BCUT2D eigenvalue weighted by Gasteiger charge is -2.22. The minimum Gasteiger partial charge on any atom is -0.458 e. The topological polar surface area (TPSA) is 138 Å². The first kappa shape index (κ1) is 21.4. The van der Waals surface area contributed by atoms with Gasteiger partial charge in [0.1, 0.15) is 25.3 Å². The van der Waals surface area contributed by atoms with Gasteiger partial charge in [0, 0.05) is 28.9 Å². The van der Waals surface area contributed by atoms with Crippen LogP contribution in [0.5, 0.6) is 0 Å². The molecule has 9 nitrogen and oxygen atoms in total. The van der Waals surface area contributed by atoms with Crippen molar-refractivity contribution < 1.29 is 28.8 Å². The summed E-state index contributed by atoms with van der Waals surface area (Å²) >= 11 is 1.87. The Balaban J connectivity index is 3.93. The molecule has 6 N–H and O–H groups in total. The van der Waals surface area contributed by atoms with E-state index < -0.39 is 30.9 Å². The lowest BCUT2D eigenvalue weighted by Crippen LogP contribution is -2.40. The molecule has 0 aliphatic carbocycles. The van der Waals surface area contributed by atoms with Gasteiger partial charge in [0.05, 0.1) is 13.2 Å². The monoisotopic (exact) mass is 431 g/mol. The summed E-state index contributed by atoms with van der Waals surface area (Å²) in [4.78, 5) is 10.9. The number of halogens is 1. The third-order valence-electron chi connectivity index (χ3n) is 2.12. The SMILES string of the molecule is C=CC(=O)OCC(N)OCC(NI)OCC(N)OC(O)C=C. The third-order valence-corrected chi connectivity index (χ3v) is 2.81. The first-order valence-electron chi connectivity index (χ1n) is 6.28. The predicted octanol–water partition coefficient (Wildman–Crippen LogP) is -0.895. The molecule has 0 heterocycles. The quantitative estimate of drug-likeness (QED) is 0.0730. The molecule has 4 atom stereocenters. The Morgan fingerprint density at radius 2 is 1.91 bits per heavy atom. The van der Waals surface area contributed by atoms with E-state index in [1.807, 2.05) is 22.9 Å². The second kappa shape index (κ2) is 12.9. The van der Waals surface area contributed by atoms with Crippen LogP contribution < -0.4 is 15.0 Å². The van der Waals surface area contributed by atoms with Crippen molar-refractivity contribution in [3.8, 4) is 0 Å². The Labute approximate surface area is 143 Å². The van der Waals surface area contributed by atoms with Gasteiger partial charge in [0.2, 0.25) is 0 Å². The summed E-state index contributed by atoms with van der Waals surface area (Å²) in [6.07, 6.45) is -1.08. The molecule has 0 saturated carbocycles. The van der Waals surface area contributed by atoms with E-state index in [2.05, 4.69) is 16.7 Å². The highest BCUT2D eigenvalue weighted by Gasteiger charge is 2.15. The van der Waals surface area contributed by atoms with Gasteiger partial charge in [-0.05, 0) is 6.08 Å². The van der Waals surface area contributed by atoms with Crippen molar-refractivity contribution in [2.75, 3.05) is 19.8 Å². The molecule has 0 fully saturated rings. The molecule has 0 saturated heterocycles. The van der Waals surface area contributed by atoms with Crippen LogP contribution in [0.2, 0.25) is 0 Å². The zero-order valence-corrected chi connectivity index (χ0v) is 14.2. The molecule has 4 unspecified atom stereocenters. The second-order valence-electron chi connectivity index (χ2n) is 3.94. The van der Waals surface area contributed by atoms with Crippen LogP contribution in [-0.4, -0.2) is 55.9 Å². The Bertz CT molecular complexity index is 347. The maximum Gasteiger partial charge on any atom is 0.330 e. The van der Waals surface area contributed by atoms with Crippen LogP contribution >= 0.6 is 22.9 Å². The molecule has 0 amide bonds. The third kappa shape index (κ3) is 11.0. The van der Waals surface area contributed by atoms with Crippen molar-refractivity contribution in [2.24, 2.45) is 11.5 Å². The highest BCUT2D eigenvalue weighted by molar-refractivity contribution is 14.1. The Morgan fingerprint density at radius 3 is 2.45 bits per heavy atom. The fraction of sp³-hybridized carbons (Fsp3) is 0.583. The van der Waals surface area contributed by atoms with Gasteiger partial charge in [-0.25, -0.2) is 8.32 Å². The van der Waals surface area contributed by atoms with E-state index in [0.29, 0.717) is 0 Å². The number of esters is 1. The summed E-state index contributed by atoms with van der Waals surface area (Å²) in [7, 11) is 0. The largest absolute Gasteiger partial charge is 0.458 e. The van der Waals surface area contributed by atoms with Gasteiger partial charge >= 0.3 is 5.97 Å². The van der Waals surface area contributed by atoms with E-state index in [1.165, 1.54) is 6.08 Å². The first-order valence-corrected chi connectivity index (χ1v) is 7.36. The summed E-state index contributed by atoms with van der Waals surface area (Å²) < 4.78 is 23.1. The van der Waals surface area contributed by atoms with E-state index in [-0.39, 0.29) is 19.8 Å². The van der Waals surface area contributed by atoms with Crippen LogP contribution in [0.3, 0.4) is 0 Å². The molecular weight excluding hydrogens is 409 g/mol. The van der Waals surface area contributed by atoms with Gasteiger partial charge in [-0.2, -0.15) is 0 Å². The lowest BCUT2D eigenvalue weighted by atomic mass is 10.5. The maximum absolute atomic E-state index is 10.9. The summed E-state index contributed by atoms with van der Waals surface area (Å²) in [6, 6.07) is 0. The van der Waals surface area contributed by atoms with Crippen LogP contribution in [0.1, 0.15) is 0 Å². The van der Waals surface area contributed by atoms with Crippen molar-refractivity contribution in [2.45, 2.75) is 25.0 Å². The standard InChI is InChI=1S/C12H22IN3O6/c1-3-11(17)21-5-8(14)19-7-10(16-13)20-6-9(15)22-12(18)4-2/h3-4,8-10,12,16,18H,1-2,5-7,14-15H2. The number of nitrogens with two attached hydrogens (primary N) is 2. The molecule has 0 bridgehead atoms. The van der Waals surface area contributed by atoms with Crippen LogP contribution in [-0.2, 0) is 23.7 Å². The van der Waals surface area contributed by atoms with Crippen molar-refractivity contribution >= 4 is 28.8 Å². The van der Waals surface area contributed by atoms with Crippen LogP contribution in [0.25, 0.3) is 0 Å². The molecular formula is C12H22IN3O6. The fourth-order valence-electron chi connectivity index (χ4n) is 1.08. The lowest BCUT2D eigenvalue weighted by molar-refractivity contribution is -0.148. The van der Waals surface area contributed by atoms with Crippen molar-refractivity contribution in [3.63, 3.8) is 0 Å². The summed E-state index contributed by atoms with van der Waals surface area (Å²) in [6.45, 7) is 6.60. The number of ether oxygens (including phenoxy) is 4. The van der Waals surface area contributed by atoms with E-state index in [4.69, 9.17) is 35.5 Å². The maximum atomic E-state index is 10.9. The van der Waals surface area contributed by atoms with E-state index in [9.17, 15) is 4.79 Å². The second-order valence-corrected chi connectivity index (χ2v) is 4.56. The predicted molar refractivity (Wildman–Crippen MR) is 87.2 cm³/mol. The van der Waals surface area contributed by atoms with Gasteiger partial charge in [0.15, 0.2) is 6.29 Å². The van der Waals surface area contributed by atoms with Crippen molar-refractivity contribution in [1.82, 2.24) is 3.53 Å². The van der Waals surface area contributed by atoms with Gasteiger partial charge in [0.25, 0.3) is 0 Å². The summed E-state index contributed by atoms with van der Waals surface area (Å²) in [5, 5.41) is 9.17. The van der Waals surface area contributed by atoms with Gasteiger partial charge < -0.3 is 35.5 Å². The molecule has 0 aliphatic rings. The number of nitrogens with one attached hydrogen (secondary N) is 1. The van der Waals surface area contributed by atoms with Crippen molar-refractivity contribution in [3.05, 3.63) is 25.3 Å². The van der Waals surface area contributed by atoms with E-state index in [0.717, 1.165) is 6.08 Å². The number of carbonyl (C=O) groups is 1. The molecule has 0 radical (unpaired) electrons. The number of rotatable bonds is 13. The number of hydrogen-bond acceptors (Lipinski definition) is 9. The average molecular weight is 431 g/mol. The minimum absolute atomic E-state index is 0.00954. The van der Waals surface area contributed by atoms with Crippen molar-refractivity contribution in [1.29, 1.82) is 0 Å². The molecule has 0 rings (SSSR count). The molecule has 0 spiro atoms. The van der Waals surface area contributed by atoms with Crippen LogP contribution in [0.4, 0.5) is 0 Å². The van der Waals surface area contributed by atoms with E-state index in [1.54, 1.807) is 0 Å². The smallest absolute Gasteiger partial charge is 0.330 e. The molecule has 128 valence electrons. The van der Waals surface area contributed by atoms with E-state index >= 15 is 0 Å². The number of hydrogen-bond donors (Lipinski definition) is 4. The molecule has 0 aromatic carbocycles. The number of aliphatic hydroxyl groups excluding tert-OH is 1. The van der Waals surface area contributed by atoms with Gasteiger partial charge in [-0.3, -0.25) is 0 Å².